The van der Waals surface area contributed by atoms with E-state index < -0.39 is 17.9 Å². The topological polar surface area (TPSA) is 105 Å². The number of rotatable bonds is 5. The van der Waals surface area contributed by atoms with Gasteiger partial charge in [-0.25, -0.2) is 9.78 Å². The number of anilines is 1. The number of fused-ring (bicyclic) bond motifs is 1. The number of carboxylic acids is 1. The van der Waals surface area contributed by atoms with Gasteiger partial charge in [0.15, 0.2) is 0 Å². The van der Waals surface area contributed by atoms with E-state index in [2.05, 4.69) is 10.3 Å². The fourth-order valence-corrected chi connectivity index (χ4v) is 2.43. The molecule has 1 aliphatic carbocycles. The second-order valence-electron chi connectivity index (χ2n) is 5.41. The van der Waals surface area contributed by atoms with Crippen molar-refractivity contribution in [3.8, 4) is 0 Å². The number of hydrogen-bond donors (Lipinski definition) is 3. The molecule has 1 aliphatic rings. The SMILES string of the molecule is CC(C)C(Nc1nc2c(cc1C(N)=O)CCC2)C(=O)O. The monoisotopic (exact) mass is 277 g/mol. The Balaban J connectivity index is 2.39. The van der Waals surface area contributed by atoms with Crippen molar-refractivity contribution in [2.45, 2.75) is 39.2 Å². The van der Waals surface area contributed by atoms with Crippen molar-refractivity contribution in [3.63, 3.8) is 0 Å². The van der Waals surface area contributed by atoms with Crippen molar-refractivity contribution >= 4 is 17.7 Å². The van der Waals surface area contributed by atoms with Gasteiger partial charge in [0.05, 0.1) is 5.56 Å². The molecule has 1 unspecified atom stereocenters. The molecule has 6 heteroatoms. The molecule has 0 spiro atoms. The zero-order chi connectivity index (χ0) is 14.9. The molecule has 0 aliphatic heterocycles. The number of carbonyl (C=O) groups excluding carboxylic acids is 1. The van der Waals surface area contributed by atoms with E-state index in [-0.39, 0.29) is 17.3 Å². The summed E-state index contributed by atoms with van der Waals surface area (Å²) in [4.78, 5) is 27.2. The van der Waals surface area contributed by atoms with Gasteiger partial charge in [0, 0.05) is 5.69 Å². The summed E-state index contributed by atoms with van der Waals surface area (Å²) < 4.78 is 0. The van der Waals surface area contributed by atoms with Crippen LogP contribution in [0, 0.1) is 5.92 Å². The Morgan fingerprint density at radius 3 is 2.65 bits per heavy atom. The van der Waals surface area contributed by atoms with Crippen molar-refractivity contribution in [1.29, 1.82) is 0 Å². The molecule has 6 nitrogen and oxygen atoms in total. The van der Waals surface area contributed by atoms with Gasteiger partial charge in [0.25, 0.3) is 5.91 Å². The highest BCUT2D eigenvalue weighted by Crippen LogP contribution is 2.26. The summed E-state index contributed by atoms with van der Waals surface area (Å²) in [5.41, 5.74) is 7.58. The minimum Gasteiger partial charge on any atom is -0.480 e. The highest BCUT2D eigenvalue weighted by Gasteiger charge is 2.25. The van der Waals surface area contributed by atoms with Gasteiger partial charge in [0.2, 0.25) is 0 Å². The molecule has 0 radical (unpaired) electrons. The minimum atomic E-state index is -0.974. The van der Waals surface area contributed by atoms with Crippen LogP contribution in [0.2, 0.25) is 0 Å². The fraction of sp³-hybridized carbons (Fsp3) is 0.500. The summed E-state index contributed by atoms with van der Waals surface area (Å²) in [6.45, 7) is 3.59. The smallest absolute Gasteiger partial charge is 0.326 e. The predicted molar refractivity (Wildman–Crippen MR) is 74.7 cm³/mol. The van der Waals surface area contributed by atoms with Gasteiger partial charge >= 0.3 is 5.97 Å². The van der Waals surface area contributed by atoms with Crippen LogP contribution in [-0.2, 0) is 17.6 Å². The second kappa shape index (κ2) is 5.48. The van der Waals surface area contributed by atoms with E-state index in [4.69, 9.17) is 5.73 Å². The Hall–Kier alpha value is -2.11. The Morgan fingerprint density at radius 2 is 2.10 bits per heavy atom. The number of aromatic nitrogens is 1. The standard InChI is InChI=1S/C14H19N3O3/c1-7(2)11(14(19)20)17-13-9(12(15)18)6-8-4-3-5-10(8)16-13/h6-7,11H,3-5H2,1-2H3,(H2,15,18)(H,16,17)(H,19,20). The van der Waals surface area contributed by atoms with E-state index in [1.807, 2.05) is 0 Å². The minimum absolute atomic E-state index is 0.136. The van der Waals surface area contributed by atoms with Gasteiger partial charge < -0.3 is 16.2 Å². The Labute approximate surface area is 117 Å². The number of nitrogens with zero attached hydrogens (tertiary/aromatic N) is 1. The molecule has 0 saturated carbocycles. The first-order valence-electron chi connectivity index (χ1n) is 6.72. The van der Waals surface area contributed by atoms with Crippen LogP contribution < -0.4 is 11.1 Å². The summed E-state index contributed by atoms with van der Waals surface area (Å²) in [6, 6.07) is 0.930. The molecule has 1 amide bonds. The molecular formula is C14H19N3O3. The first kappa shape index (κ1) is 14.3. The van der Waals surface area contributed by atoms with Crippen molar-refractivity contribution in [2.75, 3.05) is 5.32 Å². The van der Waals surface area contributed by atoms with Crippen LogP contribution in [-0.4, -0.2) is 28.0 Å². The molecule has 108 valence electrons. The van der Waals surface area contributed by atoms with Gasteiger partial charge in [-0.2, -0.15) is 0 Å². The van der Waals surface area contributed by atoms with E-state index in [9.17, 15) is 14.7 Å². The molecule has 1 atom stereocenters. The largest absolute Gasteiger partial charge is 0.480 e. The molecule has 0 bridgehead atoms. The Kier molecular flexibility index (Phi) is 3.92. The summed E-state index contributed by atoms with van der Waals surface area (Å²) in [6.07, 6.45) is 2.73. The third kappa shape index (κ3) is 2.74. The summed E-state index contributed by atoms with van der Waals surface area (Å²) in [5, 5.41) is 12.1. The third-order valence-electron chi connectivity index (χ3n) is 3.54. The van der Waals surface area contributed by atoms with Crippen LogP contribution in [0.1, 0.15) is 41.9 Å². The van der Waals surface area contributed by atoms with Gasteiger partial charge in [-0.15, -0.1) is 0 Å². The molecule has 4 N–H and O–H groups in total. The number of nitrogens with two attached hydrogens (primary N) is 1. The van der Waals surface area contributed by atoms with Crippen LogP contribution in [0.15, 0.2) is 6.07 Å². The Morgan fingerprint density at radius 1 is 1.40 bits per heavy atom. The van der Waals surface area contributed by atoms with Gasteiger partial charge in [0.1, 0.15) is 11.9 Å². The van der Waals surface area contributed by atoms with Crippen molar-refractivity contribution in [1.82, 2.24) is 4.98 Å². The van der Waals surface area contributed by atoms with Gasteiger partial charge in [-0.1, -0.05) is 13.8 Å². The van der Waals surface area contributed by atoms with Gasteiger partial charge in [-0.05, 0) is 36.8 Å². The van der Waals surface area contributed by atoms with E-state index in [1.165, 1.54) is 0 Å². The highest BCUT2D eigenvalue weighted by molar-refractivity contribution is 5.98. The lowest BCUT2D eigenvalue weighted by molar-refractivity contribution is -0.138. The number of carboxylic acid groups (broad SMARTS) is 1. The number of aliphatic carboxylic acids is 1. The average Bonchev–Trinajstić information content (AvgIpc) is 2.80. The molecule has 0 saturated heterocycles. The molecule has 1 heterocycles. The molecule has 0 fully saturated rings. The van der Waals surface area contributed by atoms with Crippen molar-refractivity contribution in [2.24, 2.45) is 11.7 Å². The fourth-order valence-electron chi connectivity index (χ4n) is 2.43. The van der Waals surface area contributed by atoms with E-state index in [1.54, 1.807) is 19.9 Å². The zero-order valence-electron chi connectivity index (χ0n) is 11.6. The summed E-state index contributed by atoms with van der Waals surface area (Å²) in [7, 11) is 0. The number of carbonyl (C=O) groups is 2. The number of hydrogen-bond acceptors (Lipinski definition) is 4. The Bertz CT molecular complexity index is 555. The maximum Gasteiger partial charge on any atom is 0.326 e. The van der Waals surface area contributed by atoms with Crippen molar-refractivity contribution < 1.29 is 14.7 Å². The second-order valence-corrected chi connectivity index (χ2v) is 5.41. The summed E-state index contributed by atoms with van der Waals surface area (Å²) >= 11 is 0. The number of pyridine rings is 1. The maximum atomic E-state index is 11.5. The first-order valence-corrected chi connectivity index (χ1v) is 6.72. The zero-order valence-corrected chi connectivity index (χ0v) is 11.6. The average molecular weight is 277 g/mol. The number of primary amides is 1. The first-order chi connectivity index (χ1) is 9.40. The van der Waals surface area contributed by atoms with E-state index in [0.29, 0.717) is 0 Å². The highest BCUT2D eigenvalue weighted by atomic mass is 16.4. The third-order valence-corrected chi connectivity index (χ3v) is 3.54. The van der Waals surface area contributed by atoms with Gasteiger partial charge in [-0.3, -0.25) is 4.79 Å². The summed E-state index contributed by atoms with van der Waals surface area (Å²) in [5.74, 6) is -1.43. The predicted octanol–water partition coefficient (Wildman–Crippen LogP) is 1.19. The molecule has 0 aromatic carbocycles. The number of amides is 1. The quantitative estimate of drug-likeness (QED) is 0.749. The molecule has 1 aromatic heterocycles. The van der Waals surface area contributed by atoms with Crippen LogP contribution in [0.3, 0.4) is 0 Å². The van der Waals surface area contributed by atoms with Crippen LogP contribution in [0.25, 0.3) is 0 Å². The number of nitrogens with one attached hydrogen (secondary N) is 1. The van der Waals surface area contributed by atoms with Crippen LogP contribution in [0.4, 0.5) is 5.82 Å². The molecule has 20 heavy (non-hydrogen) atoms. The normalized spacial score (nSPS) is 14.9. The maximum absolute atomic E-state index is 11.5. The molecule has 2 rings (SSSR count). The van der Waals surface area contributed by atoms with E-state index in [0.717, 1.165) is 30.5 Å². The van der Waals surface area contributed by atoms with Crippen LogP contribution in [0.5, 0.6) is 0 Å². The number of aryl methyl sites for hydroxylation is 2. The lowest BCUT2D eigenvalue weighted by Gasteiger charge is -2.20. The molecular weight excluding hydrogens is 258 g/mol. The molecule has 1 aromatic rings. The lowest BCUT2D eigenvalue weighted by atomic mass is 10.0. The van der Waals surface area contributed by atoms with Crippen molar-refractivity contribution in [3.05, 3.63) is 22.9 Å². The van der Waals surface area contributed by atoms with E-state index >= 15 is 0 Å². The van der Waals surface area contributed by atoms with Crippen LogP contribution >= 0.6 is 0 Å². The lowest BCUT2D eigenvalue weighted by Crippen LogP contribution is -2.35.